The number of nitrogens with zero attached hydrogens (tertiary/aromatic N) is 1. The van der Waals surface area contributed by atoms with Crippen molar-refractivity contribution in [2.24, 2.45) is 5.92 Å². The van der Waals surface area contributed by atoms with Gasteiger partial charge in [-0.15, -0.1) is 0 Å². The van der Waals surface area contributed by atoms with Crippen molar-refractivity contribution in [3.63, 3.8) is 0 Å². The second-order valence-corrected chi connectivity index (χ2v) is 4.09. The van der Waals surface area contributed by atoms with E-state index >= 15 is 0 Å². The Morgan fingerprint density at radius 2 is 2.11 bits per heavy atom. The second kappa shape index (κ2) is 6.58. The van der Waals surface area contributed by atoms with Gasteiger partial charge in [-0.05, 0) is 5.92 Å². The Morgan fingerprint density at radius 3 is 2.63 bits per heavy atom. The molecular weight excluding hydrogens is 254 g/mol. The van der Waals surface area contributed by atoms with Crippen LogP contribution in [-0.2, 0) is 4.74 Å². The SMILES string of the molecule is COC(=O)Oc1ncc(C(=O)O)cc1OCC(C)C. The molecule has 1 rings (SSSR count). The van der Waals surface area contributed by atoms with E-state index in [4.69, 9.17) is 14.6 Å². The quantitative estimate of drug-likeness (QED) is 0.816. The minimum atomic E-state index is -1.15. The molecule has 104 valence electrons. The summed E-state index contributed by atoms with van der Waals surface area (Å²) in [6, 6.07) is 1.25. The van der Waals surface area contributed by atoms with Crippen molar-refractivity contribution in [2.75, 3.05) is 13.7 Å². The van der Waals surface area contributed by atoms with Crippen LogP contribution in [-0.4, -0.2) is 35.9 Å². The van der Waals surface area contributed by atoms with Gasteiger partial charge in [0, 0.05) is 12.3 Å². The fourth-order valence-corrected chi connectivity index (χ4v) is 1.11. The number of ether oxygens (including phenoxy) is 3. The number of aromatic nitrogens is 1. The summed E-state index contributed by atoms with van der Waals surface area (Å²) in [6.45, 7) is 4.19. The highest BCUT2D eigenvalue weighted by Gasteiger charge is 2.16. The average Bonchev–Trinajstić information content (AvgIpc) is 2.36. The van der Waals surface area contributed by atoms with Gasteiger partial charge in [0.15, 0.2) is 5.75 Å². The summed E-state index contributed by atoms with van der Waals surface area (Å²) in [5.41, 5.74) is -0.0593. The fraction of sp³-hybridized carbons (Fsp3) is 0.417. The Balaban J connectivity index is 3.00. The number of carboxylic acid groups (broad SMARTS) is 1. The minimum Gasteiger partial charge on any atom is -0.488 e. The van der Waals surface area contributed by atoms with Crippen molar-refractivity contribution in [3.8, 4) is 11.6 Å². The van der Waals surface area contributed by atoms with Crippen molar-refractivity contribution in [2.45, 2.75) is 13.8 Å². The molecule has 1 aromatic rings. The largest absolute Gasteiger partial charge is 0.515 e. The van der Waals surface area contributed by atoms with E-state index in [1.54, 1.807) is 0 Å². The van der Waals surface area contributed by atoms with Crippen molar-refractivity contribution >= 4 is 12.1 Å². The molecule has 0 amide bonds. The van der Waals surface area contributed by atoms with E-state index in [-0.39, 0.29) is 23.1 Å². The Hall–Kier alpha value is -2.31. The van der Waals surface area contributed by atoms with E-state index in [1.807, 2.05) is 13.8 Å². The van der Waals surface area contributed by atoms with E-state index in [2.05, 4.69) is 9.72 Å². The molecule has 0 aromatic carbocycles. The minimum absolute atomic E-state index is 0.0593. The van der Waals surface area contributed by atoms with E-state index in [9.17, 15) is 9.59 Å². The molecule has 0 aliphatic rings. The maximum atomic E-state index is 11.0. The van der Waals surface area contributed by atoms with Crippen molar-refractivity contribution in [1.82, 2.24) is 4.98 Å². The number of carbonyl (C=O) groups excluding carboxylic acids is 1. The maximum Gasteiger partial charge on any atom is 0.515 e. The van der Waals surface area contributed by atoms with Gasteiger partial charge < -0.3 is 19.3 Å². The van der Waals surface area contributed by atoms with Crippen LogP contribution in [0.15, 0.2) is 12.3 Å². The molecule has 7 nitrogen and oxygen atoms in total. The number of hydrogen-bond donors (Lipinski definition) is 1. The number of methoxy groups -OCH3 is 1. The summed E-state index contributed by atoms with van der Waals surface area (Å²) in [5, 5.41) is 8.88. The Bertz CT molecular complexity index is 471. The third kappa shape index (κ3) is 4.46. The van der Waals surface area contributed by atoms with E-state index < -0.39 is 12.1 Å². The van der Waals surface area contributed by atoms with Crippen molar-refractivity contribution in [1.29, 1.82) is 0 Å². The predicted molar refractivity (Wildman–Crippen MR) is 64.6 cm³/mol. The van der Waals surface area contributed by atoms with Crippen LogP contribution >= 0.6 is 0 Å². The molecule has 0 saturated carbocycles. The zero-order valence-corrected chi connectivity index (χ0v) is 10.9. The van der Waals surface area contributed by atoms with Gasteiger partial charge in [0.05, 0.1) is 19.3 Å². The number of pyridine rings is 1. The molecule has 7 heteroatoms. The monoisotopic (exact) mass is 269 g/mol. The van der Waals surface area contributed by atoms with E-state index in [0.717, 1.165) is 13.3 Å². The second-order valence-electron chi connectivity index (χ2n) is 4.09. The Labute approximate surface area is 110 Å². The number of aromatic carboxylic acids is 1. The Morgan fingerprint density at radius 1 is 1.42 bits per heavy atom. The third-order valence-corrected chi connectivity index (χ3v) is 1.98. The first kappa shape index (κ1) is 14.7. The third-order valence-electron chi connectivity index (χ3n) is 1.98. The molecule has 0 radical (unpaired) electrons. The summed E-state index contributed by atoms with van der Waals surface area (Å²) in [7, 11) is 1.16. The highest BCUT2D eigenvalue weighted by atomic mass is 16.7. The van der Waals surface area contributed by atoms with Gasteiger partial charge in [-0.3, -0.25) is 0 Å². The maximum absolute atomic E-state index is 11.0. The van der Waals surface area contributed by atoms with Gasteiger partial charge in [0.1, 0.15) is 0 Å². The zero-order valence-electron chi connectivity index (χ0n) is 10.9. The molecule has 0 fully saturated rings. The van der Waals surface area contributed by atoms with Crippen molar-refractivity contribution < 1.29 is 28.9 Å². The average molecular weight is 269 g/mol. The van der Waals surface area contributed by atoms with Crippen LogP contribution in [0.1, 0.15) is 24.2 Å². The predicted octanol–water partition coefficient (Wildman–Crippen LogP) is 1.96. The lowest BCUT2D eigenvalue weighted by Crippen LogP contribution is -2.12. The highest BCUT2D eigenvalue weighted by Crippen LogP contribution is 2.26. The number of hydrogen-bond acceptors (Lipinski definition) is 6. The van der Waals surface area contributed by atoms with Crippen LogP contribution in [0.4, 0.5) is 4.79 Å². The number of carboxylic acids is 1. The summed E-state index contributed by atoms with van der Waals surface area (Å²) in [6.07, 6.45) is 0.119. The van der Waals surface area contributed by atoms with Crippen LogP contribution in [0.3, 0.4) is 0 Å². The van der Waals surface area contributed by atoms with Gasteiger partial charge in [0.2, 0.25) is 0 Å². The van der Waals surface area contributed by atoms with Gasteiger partial charge in [0.25, 0.3) is 5.88 Å². The zero-order chi connectivity index (χ0) is 14.4. The van der Waals surface area contributed by atoms with Gasteiger partial charge >= 0.3 is 12.1 Å². The number of rotatable bonds is 5. The fourth-order valence-electron chi connectivity index (χ4n) is 1.11. The standard InChI is InChI=1S/C12H15NO6/c1-7(2)6-18-9-4-8(11(14)15)5-13-10(9)19-12(16)17-3/h4-5,7H,6H2,1-3H3,(H,14,15). The summed E-state index contributed by atoms with van der Waals surface area (Å²) in [4.78, 5) is 25.6. The molecule has 0 saturated heterocycles. The topological polar surface area (TPSA) is 95.0 Å². The molecule has 1 aromatic heterocycles. The van der Waals surface area contributed by atoms with Crippen LogP contribution in [0.5, 0.6) is 11.6 Å². The Kier molecular flexibility index (Phi) is 5.11. The molecule has 1 heterocycles. The summed E-state index contributed by atoms with van der Waals surface area (Å²) < 4.78 is 14.5. The van der Waals surface area contributed by atoms with E-state index in [0.29, 0.717) is 6.61 Å². The molecular formula is C12H15NO6. The van der Waals surface area contributed by atoms with Crippen molar-refractivity contribution in [3.05, 3.63) is 17.8 Å². The van der Waals surface area contributed by atoms with Gasteiger partial charge in [-0.25, -0.2) is 14.6 Å². The normalized spacial score (nSPS) is 10.1. The molecule has 19 heavy (non-hydrogen) atoms. The number of carbonyl (C=O) groups is 2. The van der Waals surface area contributed by atoms with E-state index in [1.165, 1.54) is 6.07 Å². The first-order valence-corrected chi connectivity index (χ1v) is 5.56. The lowest BCUT2D eigenvalue weighted by Gasteiger charge is -2.12. The van der Waals surface area contributed by atoms with Crippen LogP contribution < -0.4 is 9.47 Å². The lowest BCUT2D eigenvalue weighted by molar-refractivity contribution is 0.0695. The molecule has 0 unspecified atom stereocenters. The molecule has 0 spiro atoms. The van der Waals surface area contributed by atoms with Crippen LogP contribution in [0.25, 0.3) is 0 Å². The van der Waals surface area contributed by atoms with Crippen LogP contribution in [0, 0.1) is 5.92 Å². The van der Waals surface area contributed by atoms with Gasteiger partial charge in [-0.2, -0.15) is 0 Å². The van der Waals surface area contributed by atoms with Crippen LogP contribution in [0.2, 0.25) is 0 Å². The molecule has 0 aliphatic heterocycles. The molecule has 0 atom stereocenters. The first-order chi connectivity index (χ1) is 8.93. The van der Waals surface area contributed by atoms with Gasteiger partial charge in [-0.1, -0.05) is 13.8 Å². The molecule has 0 bridgehead atoms. The first-order valence-electron chi connectivity index (χ1n) is 5.56. The summed E-state index contributed by atoms with van der Waals surface area (Å²) >= 11 is 0. The summed E-state index contributed by atoms with van der Waals surface area (Å²) in [5.74, 6) is -0.970. The lowest BCUT2D eigenvalue weighted by atomic mass is 10.2. The molecule has 1 N–H and O–H groups in total. The smallest absolute Gasteiger partial charge is 0.488 e. The highest BCUT2D eigenvalue weighted by molar-refractivity contribution is 5.88. The molecule has 0 aliphatic carbocycles.